The lowest BCUT2D eigenvalue weighted by Gasteiger charge is -2.49. The molecule has 2 fully saturated rings. The molecular formula is C21H33N3O2. The Hall–Kier alpha value is -1.30. The average Bonchev–Trinajstić information content (AvgIpc) is 2.66. The summed E-state index contributed by atoms with van der Waals surface area (Å²) in [6, 6.07) is 5.62. The molecule has 2 saturated heterocycles. The maximum Gasteiger partial charge on any atom is 0.201 e. The van der Waals surface area contributed by atoms with Crippen molar-refractivity contribution in [3.05, 3.63) is 30.1 Å². The van der Waals surface area contributed by atoms with Crippen molar-refractivity contribution < 1.29 is 9.53 Å². The van der Waals surface area contributed by atoms with E-state index in [9.17, 15) is 4.79 Å². The van der Waals surface area contributed by atoms with Gasteiger partial charge in [0.15, 0.2) is 0 Å². The van der Waals surface area contributed by atoms with E-state index in [-0.39, 0.29) is 11.9 Å². The number of carbonyl (C=O) groups excluding carboxylic acids is 1. The van der Waals surface area contributed by atoms with Gasteiger partial charge in [-0.1, -0.05) is 19.9 Å². The molecule has 0 bridgehead atoms. The normalized spacial score (nSPS) is 28.4. The smallest absolute Gasteiger partial charge is 0.201 e. The minimum atomic E-state index is -0.462. The number of ether oxygens (including phenoxy) is 1. The van der Waals surface area contributed by atoms with Gasteiger partial charge >= 0.3 is 0 Å². The third-order valence-corrected chi connectivity index (χ3v) is 5.86. The summed E-state index contributed by atoms with van der Waals surface area (Å²) in [6.45, 7) is 12.4. The van der Waals surface area contributed by atoms with Gasteiger partial charge in [0.2, 0.25) is 5.78 Å². The fourth-order valence-corrected chi connectivity index (χ4v) is 4.28. The van der Waals surface area contributed by atoms with Crippen molar-refractivity contribution in [1.82, 2.24) is 14.8 Å². The summed E-state index contributed by atoms with van der Waals surface area (Å²) in [6.07, 6.45) is 4.58. The van der Waals surface area contributed by atoms with E-state index in [4.69, 9.17) is 4.74 Å². The van der Waals surface area contributed by atoms with Crippen LogP contribution in [0.2, 0.25) is 0 Å². The van der Waals surface area contributed by atoms with Crippen LogP contribution in [0.4, 0.5) is 0 Å². The number of pyridine rings is 1. The van der Waals surface area contributed by atoms with E-state index in [1.807, 2.05) is 18.2 Å². The molecule has 5 nitrogen and oxygen atoms in total. The number of ketones is 1. The minimum Gasteiger partial charge on any atom is -0.378 e. The second-order valence-corrected chi connectivity index (χ2v) is 8.22. The lowest BCUT2D eigenvalue weighted by molar-refractivity contribution is -0.0644. The molecule has 3 rings (SSSR count). The van der Waals surface area contributed by atoms with Gasteiger partial charge in [-0.3, -0.25) is 14.7 Å². The van der Waals surface area contributed by atoms with Gasteiger partial charge in [-0.05, 0) is 50.8 Å². The molecule has 0 radical (unpaired) electrons. The maximum atomic E-state index is 13.5. The Balaban J connectivity index is 1.74. The van der Waals surface area contributed by atoms with Crippen LogP contribution in [-0.2, 0) is 4.74 Å². The van der Waals surface area contributed by atoms with Crippen molar-refractivity contribution in [3.63, 3.8) is 0 Å². The number of Topliss-reactive ketones (excluding diaryl/α,β-unsaturated/α-hetero) is 1. The number of aromatic nitrogens is 1. The lowest BCUT2D eigenvalue weighted by Crippen LogP contribution is -2.63. The first-order valence-corrected chi connectivity index (χ1v) is 10.1. The zero-order valence-electron chi connectivity index (χ0n) is 16.5. The summed E-state index contributed by atoms with van der Waals surface area (Å²) in [4.78, 5) is 22.8. The summed E-state index contributed by atoms with van der Waals surface area (Å²) in [5, 5.41) is 0. The molecule has 0 spiro atoms. The highest BCUT2D eigenvalue weighted by Gasteiger charge is 2.48. The second kappa shape index (κ2) is 8.59. The summed E-state index contributed by atoms with van der Waals surface area (Å²) in [5.41, 5.74) is 0.125. The molecule has 1 aromatic heterocycles. The molecule has 144 valence electrons. The van der Waals surface area contributed by atoms with Gasteiger partial charge in [-0.2, -0.15) is 0 Å². The van der Waals surface area contributed by atoms with E-state index in [1.54, 1.807) is 6.20 Å². The predicted octanol–water partition coefficient (Wildman–Crippen LogP) is 2.87. The monoisotopic (exact) mass is 359 g/mol. The molecule has 0 N–H and O–H groups in total. The van der Waals surface area contributed by atoms with E-state index in [0.29, 0.717) is 12.3 Å². The van der Waals surface area contributed by atoms with Crippen molar-refractivity contribution >= 4 is 5.78 Å². The van der Waals surface area contributed by atoms with Gasteiger partial charge in [0.05, 0.1) is 11.6 Å². The van der Waals surface area contributed by atoms with Gasteiger partial charge in [0.25, 0.3) is 0 Å². The fraction of sp³-hybridized carbons (Fsp3) is 0.714. The highest BCUT2D eigenvalue weighted by atomic mass is 16.5. The van der Waals surface area contributed by atoms with Crippen LogP contribution in [0.3, 0.4) is 0 Å². The molecule has 3 heterocycles. The maximum absolute atomic E-state index is 13.5. The molecule has 5 heteroatoms. The minimum absolute atomic E-state index is 0.107. The summed E-state index contributed by atoms with van der Waals surface area (Å²) in [7, 11) is 0. The topological polar surface area (TPSA) is 45.7 Å². The molecule has 0 saturated carbocycles. The Labute approximate surface area is 157 Å². The predicted molar refractivity (Wildman–Crippen MR) is 103 cm³/mol. The third kappa shape index (κ3) is 4.33. The Morgan fingerprint density at radius 3 is 2.69 bits per heavy atom. The van der Waals surface area contributed by atoms with Crippen molar-refractivity contribution in [3.8, 4) is 0 Å². The Kier molecular flexibility index (Phi) is 6.43. The lowest BCUT2D eigenvalue weighted by atomic mass is 9.79. The van der Waals surface area contributed by atoms with Crippen LogP contribution in [0, 0.1) is 5.92 Å². The first kappa shape index (κ1) is 19.5. The van der Waals surface area contributed by atoms with Gasteiger partial charge < -0.3 is 9.64 Å². The molecule has 0 aromatic carbocycles. The fourth-order valence-electron chi connectivity index (χ4n) is 4.28. The van der Waals surface area contributed by atoms with Crippen molar-refractivity contribution in [2.75, 3.05) is 39.3 Å². The quantitative estimate of drug-likeness (QED) is 0.731. The Morgan fingerprint density at radius 1 is 1.31 bits per heavy atom. The highest BCUT2D eigenvalue weighted by molar-refractivity contribution is 6.01. The van der Waals surface area contributed by atoms with Crippen LogP contribution in [-0.4, -0.2) is 71.5 Å². The second-order valence-electron chi connectivity index (χ2n) is 8.22. The molecule has 2 atom stereocenters. The van der Waals surface area contributed by atoms with Crippen molar-refractivity contribution in [1.29, 1.82) is 0 Å². The first-order valence-electron chi connectivity index (χ1n) is 10.1. The van der Waals surface area contributed by atoms with E-state index in [2.05, 4.69) is 35.6 Å². The summed E-state index contributed by atoms with van der Waals surface area (Å²) < 4.78 is 5.79. The molecule has 0 amide bonds. The molecular weight excluding hydrogens is 326 g/mol. The number of hydrogen-bond acceptors (Lipinski definition) is 5. The van der Waals surface area contributed by atoms with Crippen LogP contribution in [0.15, 0.2) is 24.4 Å². The average molecular weight is 360 g/mol. The number of nitrogens with zero attached hydrogens (tertiary/aromatic N) is 3. The molecule has 1 unspecified atom stereocenters. The summed E-state index contributed by atoms with van der Waals surface area (Å²) in [5.74, 6) is 0.908. The number of rotatable bonds is 6. The number of carbonyl (C=O) groups is 1. The van der Waals surface area contributed by atoms with Crippen LogP contribution in [0.1, 0.15) is 50.5 Å². The van der Waals surface area contributed by atoms with Crippen LogP contribution >= 0.6 is 0 Å². The van der Waals surface area contributed by atoms with Gasteiger partial charge in [0.1, 0.15) is 5.69 Å². The van der Waals surface area contributed by atoms with Crippen LogP contribution in [0.25, 0.3) is 0 Å². The van der Waals surface area contributed by atoms with Crippen LogP contribution in [0.5, 0.6) is 0 Å². The van der Waals surface area contributed by atoms with Gasteiger partial charge in [0, 0.05) is 39.0 Å². The molecule has 0 aliphatic carbocycles. The molecule has 2 aliphatic heterocycles. The molecule has 1 aromatic rings. The Morgan fingerprint density at radius 2 is 2.08 bits per heavy atom. The number of hydrogen-bond donors (Lipinski definition) is 0. The van der Waals surface area contributed by atoms with Crippen molar-refractivity contribution in [2.24, 2.45) is 5.92 Å². The van der Waals surface area contributed by atoms with E-state index < -0.39 is 5.54 Å². The first-order chi connectivity index (χ1) is 12.5. The van der Waals surface area contributed by atoms with E-state index >= 15 is 0 Å². The molecule has 2 aliphatic rings. The van der Waals surface area contributed by atoms with Gasteiger partial charge in [-0.15, -0.1) is 0 Å². The SMILES string of the molecule is CC(C)CCN1CCN(C2(C(=O)c3ccccn3)CCO[C@H](C)C2)CC1. The third-order valence-electron chi connectivity index (χ3n) is 5.86. The van der Waals surface area contributed by atoms with E-state index in [1.165, 1.54) is 6.42 Å². The van der Waals surface area contributed by atoms with Gasteiger partial charge in [-0.25, -0.2) is 0 Å². The number of piperazine rings is 1. The largest absolute Gasteiger partial charge is 0.378 e. The Bertz CT molecular complexity index is 584. The highest BCUT2D eigenvalue weighted by Crippen LogP contribution is 2.35. The van der Waals surface area contributed by atoms with Crippen molar-refractivity contribution in [2.45, 2.75) is 51.7 Å². The molecule has 26 heavy (non-hydrogen) atoms. The van der Waals surface area contributed by atoms with Crippen LogP contribution < -0.4 is 0 Å². The zero-order valence-corrected chi connectivity index (χ0v) is 16.5. The zero-order chi connectivity index (χ0) is 18.6. The van der Waals surface area contributed by atoms with E-state index in [0.717, 1.165) is 51.5 Å². The standard InChI is InChI=1S/C21H33N3O2/c1-17(2)7-10-23-11-13-24(14-12-23)21(8-15-26-18(3)16-21)20(25)19-6-4-5-9-22-19/h4-6,9,17-18H,7-8,10-16H2,1-3H3/t18-,21?/m1/s1. The summed E-state index contributed by atoms with van der Waals surface area (Å²) >= 11 is 0.